The second-order valence-corrected chi connectivity index (χ2v) is 7.38. The number of carbonyl (C=O) groups excluding carboxylic acids is 3. The van der Waals surface area contributed by atoms with Crippen LogP contribution in [0.15, 0.2) is 48.5 Å². The lowest BCUT2D eigenvalue weighted by Gasteiger charge is -2.21. The fourth-order valence-electron chi connectivity index (χ4n) is 3.62. The van der Waals surface area contributed by atoms with Crippen LogP contribution in [0.4, 0.5) is 11.4 Å². The molecular formula is C23H26N2O4. The Bertz CT molecular complexity index is 888. The molecule has 2 aromatic rings. The third kappa shape index (κ3) is 6.17. The lowest BCUT2D eigenvalue weighted by Crippen LogP contribution is -2.20. The van der Waals surface area contributed by atoms with Gasteiger partial charge in [0.05, 0.1) is 11.4 Å². The topological polar surface area (TPSA) is 84.5 Å². The molecule has 0 heterocycles. The number of carbonyl (C=O) groups is 3. The van der Waals surface area contributed by atoms with Gasteiger partial charge >= 0.3 is 5.97 Å². The molecule has 2 aromatic carbocycles. The van der Waals surface area contributed by atoms with Gasteiger partial charge in [-0.15, -0.1) is 0 Å². The first-order chi connectivity index (χ1) is 14.0. The molecule has 3 rings (SSSR count). The zero-order valence-electron chi connectivity index (χ0n) is 16.6. The van der Waals surface area contributed by atoms with Crippen LogP contribution < -0.4 is 15.4 Å². The summed E-state index contributed by atoms with van der Waals surface area (Å²) in [6, 6.07) is 13.5. The van der Waals surface area contributed by atoms with Crippen molar-refractivity contribution in [2.75, 3.05) is 10.6 Å². The number of amides is 2. The minimum absolute atomic E-state index is 0.0320. The van der Waals surface area contributed by atoms with E-state index in [1.165, 1.54) is 32.3 Å². The molecule has 0 radical (unpaired) electrons. The van der Waals surface area contributed by atoms with Crippen molar-refractivity contribution in [3.63, 3.8) is 0 Å². The average molecular weight is 394 g/mol. The third-order valence-corrected chi connectivity index (χ3v) is 5.01. The molecule has 1 saturated carbocycles. The fourth-order valence-corrected chi connectivity index (χ4v) is 3.62. The van der Waals surface area contributed by atoms with Crippen LogP contribution >= 0.6 is 0 Å². The van der Waals surface area contributed by atoms with E-state index in [0.717, 1.165) is 12.8 Å². The number of nitrogens with one attached hydrogen (secondary N) is 2. The van der Waals surface area contributed by atoms with Crippen molar-refractivity contribution in [3.8, 4) is 5.75 Å². The molecular weight excluding hydrogens is 368 g/mol. The second-order valence-electron chi connectivity index (χ2n) is 7.38. The van der Waals surface area contributed by atoms with Gasteiger partial charge in [-0.2, -0.15) is 0 Å². The quantitative estimate of drug-likeness (QED) is 0.546. The molecule has 2 amide bonds. The van der Waals surface area contributed by atoms with Crippen molar-refractivity contribution in [2.45, 2.75) is 45.4 Å². The van der Waals surface area contributed by atoms with Gasteiger partial charge in [0.15, 0.2) is 0 Å². The van der Waals surface area contributed by atoms with Gasteiger partial charge in [-0.1, -0.05) is 37.5 Å². The molecule has 0 unspecified atom stereocenters. The Labute approximate surface area is 170 Å². The van der Waals surface area contributed by atoms with Crippen LogP contribution in [0.3, 0.4) is 0 Å². The van der Waals surface area contributed by atoms with Gasteiger partial charge in [0.2, 0.25) is 5.91 Å². The van der Waals surface area contributed by atoms with Crippen LogP contribution in [0.5, 0.6) is 5.75 Å². The van der Waals surface area contributed by atoms with Crippen molar-refractivity contribution in [2.24, 2.45) is 5.92 Å². The van der Waals surface area contributed by atoms with E-state index < -0.39 is 5.97 Å². The Morgan fingerprint density at radius 3 is 2.31 bits per heavy atom. The summed E-state index contributed by atoms with van der Waals surface area (Å²) in [6.45, 7) is 1.30. The second kappa shape index (κ2) is 9.87. The highest BCUT2D eigenvalue weighted by Crippen LogP contribution is 2.28. The molecule has 6 heteroatoms. The van der Waals surface area contributed by atoms with Gasteiger partial charge in [-0.3, -0.25) is 14.4 Å². The highest BCUT2D eigenvalue weighted by molar-refractivity contribution is 6.07. The standard InChI is InChI=1S/C23H26N2O4/c1-16(26)29-19-11-7-10-18(15-19)23(28)25-21-13-6-5-12-20(21)24-22(27)14-17-8-3-2-4-9-17/h5-7,10-13,15,17H,2-4,8-9,14H2,1H3,(H,24,27)(H,25,28). The number of benzene rings is 2. The maximum atomic E-state index is 12.6. The van der Waals surface area contributed by atoms with Gasteiger partial charge in [-0.05, 0) is 49.1 Å². The van der Waals surface area contributed by atoms with E-state index in [0.29, 0.717) is 35.0 Å². The number of ether oxygens (including phenoxy) is 1. The summed E-state index contributed by atoms with van der Waals surface area (Å²) in [5, 5.41) is 5.75. The summed E-state index contributed by atoms with van der Waals surface area (Å²) in [6.07, 6.45) is 6.35. The molecule has 1 aliphatic carbocycles. The van der Waals surface area contributed by atoms with Crippen molar-refractivity contribution >= 4 is 29.2 Å². The number of para-hydroxylation sites is 2. The number of esters is 1. The zero-order chi connectivity index (χ0) is 20.6. The van der Waals surface area contributed by atoms with Crippen LogP contribution in [0.2, 0.25) is 0 Å². The van der Waals surface area contributed by atoms with E-state index in [2.05, 4.69) is 10.6 Å². The molecule has 0 spiro atoms. The largest absolute Gasteiger partial charge is 0.427 e. The maximum absolute atomic E-state index is 12.6. The SMILES string of the molecule is CC(=O)Oc1cccc(C(=O)Nc2ccccc2NC(=O)CC2CCCCC2)c1. The molecule has 2 N–H and O–H groups in total. The Kier molecular flexibility index (Phi) is 7.00. The van der Waals surface area contributed by atoms with Crippen LogP contribution in [0.25, 0.3) is 0 Å². The van der Waals surface area contributed by atoms with Gasteiger partial charge in [-0.25, -0.2) is 0 Å². The van der Waals surface area contributed by atoms with Crippen molar-refractivity contribution in [3.05, 3.63) is 54.1 Å². The van der Waals surface area contributed by atoms with Gasteiger partial charge in [0.1, 0.15) is 5.75 Å². The minimum Gasteiger partial charge on any atom is -0.427 e. The molecule has 29 heavy (non-hydrogen) atoms. The lowest BCUT2D eigenvalue weighted by atomic mass is 9.87. The number of hydrogen-bond acceptors (Lipinski definition) is 4. The highest BCUT2D eigenvalue weighted by atomic mass is 16.5. The van der Waals surface area contributed by atoms with E-state index in [1.807, 2.05) is 6.07 Å². The molecule has 6 nitrogen and oxygen atoms in total. The first-order valence-electron chi connectivity index (χ1n) is 10.00. The summed E-state index contributed by atoms with van der Waals surface area (Å²) in [4.78, 5) is 36.2. The van der Waals surface area contributed by atoms with E-state index in [4.69, 9.17) is 4.74 Å². The molecule has 0 saturated heterocycles. The van der Waals surface area contributed by atoms with Gasteiger partial charge < -0.3 is 15.4 Å². The fraction of sp³-hybridized carbons (Fsp3) is 0.348. The first kappa shape index (κ1) is 20.6. The van der Waals surface area contributed by atoms with Crippen LogP contribution in [0, 0.1) is 5.92 Å². The maximum Gasteiger partial charge on any atom is 0.308 e. The predicted molar refractivity (Wildman–Crippen MR) is 112 cm³/mol. The first-order valence-corrected chi connectivity index (χ1v) is 10.00. The number of anilines is 2. The monoisotopic (exact) mass is 394 g/mol. The molecule has 0 aliphatic heterocycles. The van der Waals surface area contributed by atoms with E-state index in [9.17, 15) is 14.4 Å². The molecule has 152 valence electrons. The van der Waals surface area contributed by atoms with E-state index >= 15 is 0 Å². The lowest BCUT2D eigenvalue weighted by molar-refractivity contribution is -0.131. The summed E-state index contributed by atoms with van der Waals surface area (Å²) in [7, 11) is 0. The smallest absolute Gasteiger partial charge is 0.308 e. The molecule has 1 fully saturated rings. The van der Waals surface area contributed by atoms with E-state index in [1.54, 1.807) is 36.4 Å². The normalized spacial score (nSPS) is 14.1. The molecule has 0 aromatic heterocycles. The van der Waals surface area contributed by atoms with Crippen molar-refractivity contribution in [1.82, 2.24) is 0 Å². The molecule has 0 atom stereocenters. The molecule has 0 bridgehead atoms. The van der Waals surface area contributed by atoms with Crippen molar-refractivity contribution in [1.29, 1.82) is 0 Å². The number of hydrogen-bond donors (Lipinski definition) is 2. The average Bonchev–Trinajstić information content (AvgIpc) is 2.70. The Balaban J connectivity index is 1.66. The van der Waals surface area contributed by atoms with Crippen molar-refractivity contribution < 1.29 is 19.1 Å². The highest BCUT2D eigenvalue weighted by Gasteiger charge is 2.18. The predicted octanol–water partition coefficient (Wildman–Crippen LogP) is 4.77. The van der Waals surface area contributed by atoms with Crippen LogP contribution in [-0.2, 0) is 9.59 Å². The van der Waals surface area contributed by atoms with Crippen LogP contribution in [0.1, 0.15) is 55.8 Å². The Morgan fingerprint density at radius 1 is 0.931 bits per heavy atom. The van der Waals surface area contributed by atoms with Crippen LogP contribution in [-0.4, -0.2) is 17.8 Å². The summed E-state index contributed by atoms with van der Waals surface area (Å²) in [5.41, 5.74) is 1.44. The molecule has 1 aliphatic rings. The number of rotatable bonds is 6. The summed E-state index contributed by atoms with van der Waals surface area (Å²) >= 11 is 0. The summed E-state index contributed by atoms with van der Waals surface area (Å²) < 4.78 is 5.03. The Morgan fingerprint density at radius 2 is 1.62 bits per heavy atom. The van der Waals surface area contributed by atoms with E-state index in [-0.39, 0.29) is 11.8 Å². The minimum atomic E-state index is -0.450. The van der Waals surface area contributed by atoms with Gasteiger partial charge in [0.25, 0.3) is 5.91 Å². The van der Waals surface area contributed by atoms with Gasteiger partial charge in [0, 0.05) is 18.9 Å². The summed E-state index contributed by atoms with van der Waals surface area (Å²) in [5.74, 6) is -0.0919. The Hall–Kier alpha value is -3.15. The third-order valence-electron chi connectivity index (χ3n) is 5.01. The zero-order valence-corrected chi connectivity index (χ0v) is 16.6.